The largest absolute Gasteiger partial charge is 0.386 e. The molecule has 148 valence electrons. The fraction of sp³-hybridized carbons (Fsp3) is 0.286. The number of carbonyl (C=O) groups excluding carboxylic acids is 3. The predicted molar refractivity (Wildman–Crippen MR) is 103 cm³/mol. The number of hydrogen-bond donors (Lipinski definition) is 3. The van der Waals surface area contributed by atoms with Gasteiger partial charge in [-0.3, -0.25) is 14.4 Å². The van der Waals surface area contributed by atoms with Crippen LogP contribution in [0.4, 0.5) is 0 Å². The molecule has 6 nitrogen and oxygen atoms in total. The van der Waals surface area contributed by atoms with Gasteiger partial charge in [0.25, 0.3) is 0 Å². The summed E-state index contributed by atoms with van der Waals surface area (Å²) in [4.78, 5) is 36.7. The van der Waals surface area contributed by atoms with Crippen LogP contribution in [0.3, 0.4) is 0 Å². The van der Waals surface area contributed by atoms with E-state index >= 15 is 0 Å². The summed E-state index contributed by atoms with van der Waals surface area (Å²) < 4.78 is 0. The van der Waals surface area contributed by atoms with E-state index in [1.54, 1.807) is 31.2 Å². The Bertz CT molecular complexity index is 875. The summed E-state index contributed by atoms with van der Waals surface area (Å²) in [7, 11) is 0. The Morgan fingerprint density at radius 2 is 1.32 bits per heavy atom. The molecule has 7 heteroatoms. The molecule has 0 saturated heterocycles. The third-order valence-corrected chi connectivity index (χ3v) is 4.64. The van der Waals surface area contributed by atoms with Crippen molar-refractivity contribution in [1.82, 2.24) is 0 Å². The highest BCUT2D eigenvalue weighted by Crippen LogP contribution is 2.27. The molecule has 0 aliphatic heterocycles. The van der Waals surface area contributed by atoms with Crippen LogP contribution in [0.2, 0.25) is 0 Å². The van der Waals surface area contributed by atoms with Crippen LogP contribution in [0.25, 0.3) is 0 Å². The van der Waals surface area contributed by atoms with Crippen molar-refractivity contribution in [2.45, 2.75) is 38.1 Å². The van der Waals surface area contributed by atoms with E-state index in [1.165, 1.54) is 24.3 Å². The van der Waals surface area contributed by atoms with Gasteiger partial charge in [-0.2, -0.15) is 0 Å². The molecule has 0 aromatic heterocycles. The van der Waals surface area contributed by atoms with E-state index < -0.39 is 41.0 Å². The quantitative estimate of drug-likeness (QED) is 0.458. The number of carbonyl (C=O) groups is 3. The first-order valence-electron chi connectivity index (χ1n) is 8.55. The van der Waals surface area contributed by atoms with Gasteiger partial charge >= 0.3 is 0 Å². The molecule has 28 heavy (non-hydrogen) atoms. The van der Waals surface area contributed by atoms with Gasteiger partial charge in [0.2, 0.25) is 5.24 Å². The number of aliphatic hydroxyl groups is 3. The van der Waals surface area contributed by atoms with Gasteiger partial charge in [0.05, 0.1) is 6.42 Å². The number of rotatable bonds is 8. The van der Waals surface area contributed by atoms with Gasteiger partial charge in [0.15, 0.2) is 17.2 Å². The Hall–Kier alpha value is -2.38. The van der Waals surface area contributed by atoms with E-state index in [0.29, 0.717) is 0 Å². The number of aliphatic hydroxyl groups excluding tert-OH is 2. The molecule has 2 rings (SSSR count). The molecule has 0 amide bonds. The molecule has 0 aliphatic rings. The number of hydrogen-bond acceptors (Lipinski definition) is 6. The maximum atomic E-state index is 12.8. The number of Topliss-reactive ketones (excluding diaryl/α,β-unsaturated/α-hetero) is 2. The summed E-state index contributed by atoms with van der Waals surface area (Å²) in [5.74, 6) is -1.92. The normalized spacial score (nSPS) is 15.4. The monoisotopic (exact) mass is 404 g/mol. The number of benzene rings is 2. The van der Waals surface area contributed by atoms with Gasteiger partial charge < -0.3 is 15.3 Å². The molecule has 3 atom stereocenters. The second-order valence-electron chi connectivity index (χ2n) is 6.77. The van der Waals surface area contributed by atoms with Crippen LogP contribution in [-0.4, -0.2) is 49.9 Å². The third-order valence-electron chi connectivity index (χ3n) is 4.51. The first-order valence-corrected chi connectivity index (χ1v) is 8.93. The van der Waals surface area contributed by atoms with E-state index in [0.717, 1.165) is 11.1 Å². The van der Waals surface area contributed by atoms with Crippen molar-refractivity contribution in [2.75, 3.05) is 0 Å². The maximum Gasteiger partial charge on any atom is 0.225 e. The van der Waals surface area contributed by atoms with Crippen molar-refractivity contribution < 1.29 is 29.7 Å². The van der Waals surface area contributed by atoms with Crippen molar-refractivity contribution in [1.29, 1.82) is 0 Å². The van der Waals surface area contributed by atoms with Crippen molar-refractivity contribution >= 4 is 28.4 Å². The number of aryl methyl sites for hydroxylation is 2. The van der Waals surface area contributed by atoms with Crippen LogP contribution in [-0.2, 0) is 4.79 Å². The van der Waals surface area contributed by atoms with Crippen LogP contribution in [0.1, 0.15) is 38.3 Å². The topological polar surface area (TPSA) is 112 Å². The van der Waals surface area contributed by atoms with Crippen molar-refractivity contribution in [3.05, 3.63) is 70.8 Å². The number of ketones is 2. The molecule has 2 aromatic carbocycles. The van der Waals surface area contributed by atoms with E-state index in [4.69, 9.17) is 11.6 Å². The molecule has 2 aromatic rings. The summed E-state index contributed by atoms with van der Waals surface area (Å²) in [6, 6.07) is 12.2. The van der Waals surface area contributed by atoms with Crippen molar-refractivity contribution in [3.63, 3.8) is 0 Å². The van der Waals surface area contributed by atoms with Gasteiger partial charge in [0, 0.05) is 11.1 Å². The standard InChI is InChI=1S/C21H21ClO6/c1-12-3-7-14(8-4-12)17(24)18(25)20(27)21(28,11-16(22)23)19(26)15-9-5-13(2)6-10-15/h3-10,18,20,25,27-28H,11H2,1-2H3/t18?,20-,21-/m1/s1. The van der Waals surface area contributed by atoms with Crippen LogP contribution in [0.15, 0.2) is 48.5 Å². The molecular formula is C21H21ClO6. The lowest BCUT2D eigenvalue weighted by Gasteiger charge is -2.32. The number of halogens is 1. The summed E-state index contributed by atoms with van der Waals surface area (Å²) in [5.41, 5.74) is -0.956. The lowest BCUT2D eigenvalue weighted by atomic mass is 9.81. The molecular weight excluding hydrogens is 384 g/mol. The van der Waals surface area contributed by atoms with Crippen molar-refractivity contribution in [3.8, 4) is 0 Å². The third kappa shape index (κ3) is 4.72. The Morgan fingerprint density at radius 1 is 0.893 bits per heavy atom. The molecule has 0 aliphatic carbocycles. The van der Waals surface area contributed by atoms with E-state index in [9.17, 15) is 29.7 Å². The molecule has 0 bridgehead atoms. The van der Waals surface area contributed by atoms with E-state index in [-0.39, 0.29) is 11.1 Å². The zero-order chi connectivity index (χ0) is 21.1. The predicted octanol–water partition coefficient (Wildman–Crippen LogP) is 1.98. The Balaban J connectivity index is 2.38. The Labute approximate surface area is 167 Å². The van der Waals surface area contributed by atoms with Crippen LogP contribution in [0, 0.1) is 13.8 Å². The first-order chi connectivity index (χ1) is 13.1. The smallest absolute Gasteiger partial charge is 0.225 e. The molecule has 0 fully saturated rings. The zero-order valence-electron chi connectivity index (χ0n) is 15.4. The van der Waals surface area contributed by atoms with E-state index in [1.807, 2.05) is 6.92 Å². The summed E-state index contributed by atoms with van der Waals surface area (Å²) in [6.07, 6.45) is -5.38. The molecule has 0 radical (unpaired) electrons. The van der Waals surface area contributed by atoms with Gasteiger partial charge in [0.1, 0.15) is 12.2 Å². The molecule has 0 heterocycles. The second kappa shape index (κ2) is 8.75. The minimum atomic E-state index is -2.77. The van der Waals surface area contributed by atoms with Crippen LogP contribution >= 0.6 is 11.6 Å². The minimum Gasteiger partial charge on any atom is -0.386 e. The van der Waals surface area contributed by atoms with Crippen LogP contribution in [0.5, 0.6) is 0 Å². The summed E-state index contributed by atoms with van der Waals surface area (Å²) in [5, 5.41) is 30.6. The fourth-order valence-corrected chi connectivity index (χ4v) is 2.98. The van der Waals surface area contributed by atoms with Crippen LogP contribution < -0.4 is 0 Å². The molecule has 0 saturated carbocycles. The van der Waals surface area contributed by atoms with Crippen molar-refractivity contribution in [2.24, 2.45) is 0 Å². The first kappa shape index (κ1) is 21.9. The Kier molecular flexibility index (Phi) is 6.85. The van der Waals surface area contributed by atoms with Gasteiger partial charge in [-0.1, -0.05) is 59.7 Å². The van der Waals surface area contributed by atoms with E-state index in [2.05, 4.69) is 0 Å². The zero-order valence-corrected chi connectivity index (χ0v) is 16.2. The van der Waals surface area contributed by atoms with Gasteiger partial charge in [-0.15, -0.1) is 0 Å². The highest BCUT2D eigenvalue weighted by Gasteiger charge is 2.49. The molecule has 0 spiro atoms. The molecule has 1 unspecified atom stereocenters. The maximum absolute atomic E-state index is 12.8. The highest BCUT2D eigenvalue weighted by molar-refractivity contribution is 6.63. The summed E-state index contributed by atoms with van der Waals surface area (Å²) >= 11 is 5.35. The Morgan fingerprint density at radius 3 is 1.75 bits per heavy atom. The lowest BCUT2D eigenvalue weighted by Crippen LogP contribution is -2.57. The van der Waals surface area contributed by atoms with Gasteiger partial charge in [-0.05, 0) is 25.4 Å². The lowest BCUT2D eigenvalue weighted by molar-refractivity contribution is -0.125. The second-order valence-corrected chi connectivity index (χ2v) is 7.19. The SMILES string of the molecule is Cc1ccc(C(=O)C(O)[C@@H](O)[C@@](O)(CC(=O)Cl)C(=O)c2ccc(C)cc2)cc1. The fourth-order valence-electron chi connectivity index (χ4n) is 2.78. The average Bonchev–Trinajstić information content (AvgIpc) is 2.66. The summed E-state index contributed by atoms with van der Waals surface area (Å²) in [6.45, 7) is 3.60. The minimum absolute atomic E-state index is 0.0000477. The average molecular weight is 405 g/mol. The highest BCUT2D eigenvalue weighted by atomic mass is 35.5. The van der Waals surface area contributed by atoms with Gasteiger partial charge in [-0.25, -0.2) is 0 Å². The molecule has 3 N–H and O–H groups in total.